The van der Waals surface area contributed by atoms with Crippen molar-refractivity contribution in [1.82, 2.24) is 9.80 Å². The van der Waals surface area contributed by atoms with E-state index in [2.05, 4.69) is 9.80 Å². The largest absolute Gasteiger partial charge is 0.497 e. The normalized spacial score (nSPS) is 14.8. The zero-order valence-corrected chi connectivity index (χ0v) is 18.4. The zero-order chi connectivity index (χ0) is 22.4. The average molecular weight is 431 g/mol. The minimum Gasteiger partial charge on any atom is -0.497 e. The summed E-state index contributed by atoms with van der Waals surface area (Å²) >= 11 is 0. The fourth-order valence-electron chi connectivity index (χ4n) is 3.78. The second kappa shape index (κ2) is 10.3. The van der Waals surface area contributed by atoms with Crippen LogP contribution in [0.25, 0.3) is 0 Å². The molecule has 9 heteroatoms. The Morgan fingerprint density at radius 3 is 1.84 bits per heavy atom. The molecule has 1 aliphatic rings. The molecular formula is C22H29N3O6. The Morgan fingerprint density at radius 2 is 1.32 bits per heavy atom. The predicted octanol–water partition coefficient (Wildman–Crippen LogP) is 2.95. The molecule has 1 saturated heterocycles. The molecule has 1 heterocycles. The maximum atomic E-state index is 11.6. The van der Waals surface area contributed by atoms with E-state index in [1.165, 1.54) is 20.3 Å². The van der Waals surface area contributed by atoms with E-state index in [9.17, 15) is 10.1 Å². The van der Waals surface area contributed by atoms with Gasteiger partial charge < -0.3 is 18.9 Å². The molecule has 2 aromatic carbocycles. The lowest BCUT2D eigenvalue weighted by molar-refractivity contribution is -0.385. The van der Waals surface area contributed by atoms with Gasteiger partial charge in [-0.25, -0.2) is 0 Å². The highest BCUT2D eigenvalue weighted by molar-refractivity contribution is 5.54. The van der Waals surface area contributed by atoms with Gasteiger partial charge in [0.2, 0.25) is 0 Å². The topological polar surface area (TPSA) is 86.5 Å². The minimum atomic E-state index is -0.372. The zero-order valence-electron chi connectivity index (χ0n) is 18.4. The Bertz CT molecular complexity index is 912. The highest BCUT2D eigenvalue weighted by Crippen LogP contribution is 2.35. The van der Waals surface area contributed by atoms with Crippen molar-refractivity contribution in [1.29, 1.82) is 0 Å². The molecule has 0 spiro atoms. The maximum absolute atomic E-state index is 11.6. The molecule has 2 aromatic rings. The summed E-state index contributed by atoms with van der Waals surface area (Å²) in [4.78, 5) is 15.8. The van der Waals surface area contributed by atoms with Gasteiger partial charge in [0.1, 0.15) is 11.5 Å². The van der Waals surface area contributed by atoms with Crippen LogP contribution in [0.3, 0.4) is 0 Å². The number of nitro benzene ring substituents is 1. The van der Waals surface area contributed by atoms with Crippen molar-refractivity contribution < 1.29 is 23.9 Å². The highest BCUT2D eigenvalue weighted by Gasteiger charge is 2.24. The molecule has 168 valence electrons. The quantitative estimate of drug-likeness (QED) is 0.443. The number of nitrogens with zero attached hydrogens (tertiary/aromatic N) is 3. The van der Waals surface area contributed by atoms with Gasteiger partial charge in [-0.3, -0.25) is 19.9 Å². The van der Waals surface area contributed by atoms with Crippen molar-refractivity contribution in [3.05, 3.63) is 51.6 Å². The molecule has 0 bridgehead atoms. The van der Waals surface area contributed by atoms with Crippen LogP contribution in [0, 0.1) is 10.1 Å². The molecule has 0 atom stereocenters. The third-order valence-electron chi connectivity index (χ3n) is 5.53. The van der Waals surface area contributed by atoms with E-state index in [0.717, 1.165) is 49.8 Å². The predicted molar refractivity (Wildman–Crippen MR) is 116 cm³/mol. The van der Waals surface area contributed by atoms with Crippen LogP contribution in [0.5, 0.6) is 23.0 Å². The van der Waals surface area contributed by atoms with E-state index in [1.54, 1.807) is 20.3 Å². The molecule has 0 amide bonds. The summed E-state index contributed by atoms with van der Waals surface area (Å²) in [6, 6.07) is 8.98. The first-order valence-electron chi connectivity index (χ1n) is 10.0. The number of piperazine rings is 1. The van der Waals surface area contributed by atoms with Crippen LogP contribution >= 0.6 is 0 Å². The van der Waals surface area contributed by atoms with Gasteiger partial charge in [-0.1, -0.05) is 6.07 Å². The van der Waals surface area contributed by atoms with Gasteiger partial charge in [0, 0.05) is 56.5 Å². The third-order valence-corrected chi connectivity index (χ3v) is 5.53. The number of rotatable bonds is 9. The number of hydrogen-bond acceptors (Lipinski definition) is 8. The lowest BCUT2D eigenvalue weighted by Crippen LogP contribution is -2.45. The first-order chi connectivity index (χ1) is 15.0. The summed E-state index contributed by atoms with van der Waals surface area (Å²) < 4.78 is 21.3. The standard InChI is InChI=1S/C22H29N3O6/c1-28-18-6-5-16(20(12-18)29-2)14-23-7-9-24(10-8-23)15-17-11-21(30-3)22(31-4)13-19(17)25(26)27/h5-6,11-13H,7-10,14-15H2,1-4H3. The maximum Gasteiger partial charge on any atom is 0.277 e. The monoisotopic (exact) mass is 431 g/mol. The van der Waals surface area contributed by atoms with Crippen molar-refractivity contribution >= 4 is 5.69 Å². The van der Waals surface area contributed by atoms with E-state index in [4.69, 9.17) is 18.9 Å². The molecule has 9 nitrogen and oxygen atoms in total. The van der Waals surface area contributed by atoms with Crippen LogP contribution in [0.4, 0.5) is 5.69 Å². The van der Waals surface area contributed by atoms with E-state index < -0.39 is 0 Å². The molecule has 3 rings (SSSR count). The molecular weight excluding hydrogens is 402 g/mol. The molecule has 31 heavy (non-hydrogen) atoms. The first-order valence-corrected chi connectivity index (χ1v) is 10.0. The van der Waals surface area contributed by atoms with Crippen molar-refractivity contribution in [3.63, 3.8) is 0 Å². The van der Waals surface area contributed by atoms with Crippen LogP contribution in [0.2, 0.25) is 0 Å². The van der Waals surface area contributed by atoms with Crippen molar-refractivity contribution in [2.45, 2.75) is 13.1 Å². The molecule has 0 aliphatic carbocycles. The molecule has 1 fully saturated rings. The van der Waals surface area contributed by atoms with Crippen LogP contribution in [0.1, 0.15) is 11.1 Å². The Kier molecular flexibility index (Phi) is 7.54. The van der Waals surface area contributed by atoms with Gasteiger partial charge in [0.15, 0.2) is 11.5 Å². The van der Waals surface area contributed by atoms with Crippen molar-refractivity contribution in [2.75, 3.05) is 54.6 Å². The van der Waals surface area contributed by atoms with E-state index >= 15 is 0 Å². The smallest absolute Gasteiger partial charge is 0.277 e. The van der Waals surface area contributed by atoms with Crippen LogP contribution in [0.15, 0.2) is 30.3 Å². The minimum absolute atomic E-state index is 0.0445. The van der Waals surface area contributed by atoms with Crippen molar-refractivity contribution in [3.8, 4) is 23.0 Å². The van der Waals surface area contributed by atoms with Crippen LogP contribution in [-0.2, 0) is 13.1 Å². The Labute approximate surface area is 182 Å². The second-order valence-electron chi connectivity index (χ2n) is 7.32. The molecule has 0 aromatic heterocycles. The Balaban J connectivity index is 1.65. The number of methoxy groups -OCH3 is 4. The molecule has 1 aliphatic heterocycles. The average Bonchev–Trinajstić information content (AvgIpc) is 2.80. The van der Waals surface area contributed by atoms with Crippen LogP contribution < -0.4 is 18.9 Å². The number of benzene rings is 2. The van der Waals surface area contributed by atoms with Crippen molar-refractivity contribution in [2.24, 2.45) is 0 Å². The van der Waals surface area contributed by atoms with E-state index in [0.29, 0.717) is 23.6 Å². The molecule has 0 N–H and O–H groups in total. The lowest BCUT2D eigenvalue weighted by atomic mass is 10.1. The summed E-state index contributed by atoms with van der Waals surface area (Å²) in [6.07, 6.45) is 0. The summed E-state index contributed by atoms with van der Waals surface area (Å²) in [7, 11) is 6.29. The van der Waals surface area contributed by atoms with Gasteiger partial charge in [-0.2, -0.15) is 0 Å². The Morgan fingerprint density at radius 1 is 0.774 bits per heavy atom. The third kappa shape index (κ3) is 5.36. The lowest BCUT2D eigenvalue weighted by Gasteiger charge is -2.35. The molecule has 0 saturated carbocycles. The second-order valence-corrected chi connectivity index (χ2v) is 7.32. The number of nitro groups is 1. The van der Waals surface area contributed by atoms with Gasteiger partial charge in [-0.15, -0.1) is 0 Å². The fourth-order valence-corrected chi connectivity index (χ4v) is 3.78. The van der Waals surface area contributed by atoms with E-state index in [1.807, 2.05) is 18.2 Å². The SMILES string of the molecule is COc1ccc(CN2CCN(Cc3cc(OC)c(OC)cc3[N+](=O)[O-])CC2)c(OC)c1. The summed E-state index contributed by atoms with van der Waals surface area (Å²) in [5.74, 6) is 2.43. The highest BCUT2D eigenvalue weighted by atomic mass is 16.6. The van der Waals surface area contributed by atoms with Gasteiger partial charge in [0.05, 0.1) is 39.4 Å². The first kappa shape index (κ1) is 22.6. The summed E-state index contributed by atoms with van der Waals surface area (Å²) in [6.45, 7) is 4.59. The van der Waals surface area contributed by atoms with Gasteiger partial charge in [0.25, 0.3) is 5.69 Å². The molecule has 0 unspecified atom stereocenters. The number of hydrogen-bond donors (Lipinski definition) is 0. The summed E-state index contributed by atoms with van der Waals surface area (Å²) in [5, 5.41) is 11.6. The number of ether oxygens (including phenoxy) is 4. The fraction of sp³-hybridized carbons (Fsp3) is 0.455. The van der Waals surface area contributed by atoms with Gasteiger partial charge in [-0.05, 0) is 12.1 Å². The molecule has 0 radical (unpaired) electrons. The summed E-state index contributed by atoms with van der Waals surface area (Å²) in [5.41, 5.74) is 1.77. The van der Waals surface area contributed by atoms with Crippen LogP contribution in [-0.4, -0.2) is 69.3 Å². The van der Waals surface area contributed by atoms with Gasteiger partial charge >= 0.3 is 0 Å². The van der Waals surface area contributed by atoms with E-state index in [-0.39, 0.29) is 10.6 Å². The Hall–Kier alpha value is -3.04.